The number of ether oxygens (including phenoxy) is 4. The molecule has 30 heavy (non-hydrogen) atoms. The van der Waals surface area contributed by atoms with Crippen molar-refractivity contribution in [3.05, 3.63) is 47.5 Å². The van der Waals surface area contributed by atoms with Crippen molar-refractivity contribution in [2.24, 2.45) is 0 Å². The van der Waals surface area contributed by atoms with E-state index in [9.17, 15) is 14.4 Å². The van der Waals surface area contributed by atoms with Gasteiger partial charge in [-0.1, -0.05) is 6.92 Å². The zero-order valence-corrected chi connectivity index (χ0v) is 17.4. The summed E-state index contributed by atoms with van der Waals surface area (Å²) in [6.45, 7) is 1.48. The molecule has 0 radical (unpaired) electrons. The second-order valence-electron chi connectivity index (χ2n) is 6.29. The number of esters is 1. The van der Waals surface area contributed by atoms with E-state index in [1.54, 1.807) is 24.3 Å². The maximum Gasteiger partial charge on any atom is 0.338 e. The van der Waals surface area contributed by atoms with Crippen molar-refractivity contribution in [1.82, 2.24) is 0 Å². The number of carbonyl (C=O) groups excluding carboxylic acids is 3. The lowest BCUT2D eigenvalue weighted by molar-refractivity contribution is -0.116. The summed E-state index contributed by atoms with van der Waals surface area (Å²) in [6.07, 6.45) is 1.18. The summed E-state index contributed by atoms with van der Waals surface area (Å²) in [6, 6.07) is 9.28. The molecule has 0 fully saturated rings. The number of anilines is 1. The van der Waals surface area contributed by atoms with Crippen molar-refractivity contribution in [3.8, 4) is 17.2 Å². The minimum absolute atomic E-state index is 0.0872. The van der Waals surface area contributed by atoms with E-state index in [1.165, 1.54) is 33.5 Å². The van der Waals surface area contributed by atoms with Crippen LogP contribution in [0.3, 0.4) is 0 Å². The normalized spacial score (nSPS) is 10.1. The number of ketones is 1. The van der Waals surface area contributed by atoms with Gasteiger partial charge in [-0.3, -0.25) is 9.59 Å². The highest BCUT2D eigenvalue weighted by molar-refractivity contribution is 6.00. The van der Waals surface area contributed by atoms with Gasteiger partial charge in [-0.05, 0) is 42.8 Å². The van der Waals surface area contributed by atoms with Gasteiger partial charge >= 0.3 is 5.97 Å². The van der Waals surface area contributed by atoms with Crippen molar-refractivity contribution in [2.75, 3.05) is 33.3 Å². The van der Waals surface area contributed by atoms with E-state index in [-0.39, 0.29) is 17.3 Å². The quantitative estimate of drug-likeness (QED) is 0.468. The van der Waals surface area contributed by atoms with Crippen LogP contribution in [0.4, 0.5) is 5.69 Å². The number of carbonyl (C=O) groups is 3. The van der Waals surface area contributed by atoms with Gasteiger partial charge in [-0.15, -0.1) is 0 Å². The fourth-order valence-electron chi connectivity index (χ4n) is 2.69. The Balaban J connectivity index is 2.02. The van der Waals surface area contributed by atoms with Gasteiger partial charge in [0.2, 0.25) is 11.7 Å². The molecule has 0 spiro atoms. The number of methoxy groups -OCH3 is 3. The summed E-state index contributed by atoms with van der Waals surface area (Å²) in [5, 5.41) is 2.74. The van der Waals surface area contributed by atoms with E-state index in [4.69, 9.17) is 18.9 Å². The van der Waals surface area contributed by atoms with Gasteiger partial charge in [-0.25, -0.2) is 4.79 Å². The Labute approximate surface area is 175 Å². The number of nitrogens with one attached hydrogen (secondary N) is 1. The van der Waals surface area contributed by atoms with Crippen LogP contribution in [-0.4, -0.2) is 45.6 Å². The Kier molecular flexibility index (Phi) is 8.22. The maximum absolute atomic E-state index is 12.4. The van der Waals surface area contributed by atoms with Gasteiger partial charge in [0.15, 0.2) is 23.9 Å². The van der Waals surface area contributed by atoms with Gasteiger partial charge in [0.1, 0.15) is 0 Å². The molecule has 1 N–H and O–H groups in total. The monoisotopic (exact) mass is 415 g/mol. The minimum Gasteiger partial charge on any atom is -0.493 e. The molecule has 0 atom stereocenters. The maximum atomic E-state index is 12.4. The number of benzene rings is 2. The van der Waals surface area contributed by atoms with Gasteiger partial charge in [0.05, 0.1) is 26.9 Å². The summed E-state index contributed by atoms with van der Waals surface area (Å²) >= 11 is 0. The van der Waals surface area contributed by atoms with Crippen LogP contribution in [0, 0.1) is 0 Å². The zero-order valence-electron chi connectivity index (χ0n) is 17.4. The van der Waals surface area contributed by atoms with E-state index in [0.29, 0.717) is 34.9 Å². The Morgan fingerprint density at radius 3 is 1.97 bits per heavy atom. The molecule has 0 aromatic heterocycles. The Hall–Kier alpha value is -3.55. The molecular formula is C22H25NO7. The molecule has 0 bridgehead atoms. The third-order valence-electron chi connectivity index (χ3n) is 4.20. The topological polar surface area (TPSA) is 100 Å². The summed E-state index contributed by atoms with van der Waals surface area (Å²) in [4.78, 5) is 36.3. The van der Waals surface area contributed by atoms with E-state index in [0.717, 1.165) is 6.42 Å². The van der Waals surface area contributed by atoms with Crippen molar-refractivity contribution in [3.63, 3.8) is 0 Å². The average molecular weight is 415 g/mol. The lowest BCUT2D eigenvalue weighted by atomic mass is 10.1. The molecule has 0 unspecified atom stereocenters. The highest BCUT2D eigenvalue weighted by Crippen LogP contribution is 2.38. The first kappa shape index (κ1) is 22.7. The molecule has 0 heterocycles. The molecule has 8 nitrogen and oxygen atoms in total. The lowest BCUT2D eigenvalue weighted by Crippen LogP contribution is -2.15. The molecule has 0 aliphatic heterocycles. The second-order valence-corrected chi connectivity index (χ2v) is 6.29. The minimum atomic E-state index is -0.703. The molecule has 0 aliphatic carbocycles. The van der Waals surface area contributed by atoms with Crippen molar-refractivity contribution in [2.45, 2.75) is 19.8 Å². The van der Waals surface area contributed by atoms with Gasteiger partial charge < -0.3 is 24.3 Å². The van der Waals surface area contributed by atoms with Gasteiger partial charge in [0.25, 0.3) is 0 Å². The molecule has 2 aromatic rings. The Morgan fingerprint density at radius 2 is 1.47 bits per heavy atom. The van der Waals surface area contributed by atoms with Crippen molar-refractivity contribution in [1.29, 1.82) is 0 Å². The van der Waals surface area contributed by atoms with Crippen LogP contribution in [0.2, 0.25) is 0 Å². The molecule has 8 heteroatoms. The second kappa shape index (κ2) is 10.8. The van der Waals surface area contributed by atoms with E-state index >= 15 is 0 Å². The highest BCUT2D eigenvalue weighted by atomic mass is 16.5. The van der Waals surface area contributed by atoms with Crippen LogP contribution in [0.1, 0.15) is 40.5 Å². The SMILES string of the molecule is CCCC(=O)Nc1ccc(C(=O)COC(=O)c2cc(OC)c(OC)c(OC)c2)cc1. The number of hydrogen-bond acceptors (Lipinski definition) is 7. The van der Waals surface area contributed by atoms with Gasteiger partial charge in [0, 0.05) is 17.7 Å². The fraction of sp³-hybridized carbons (Fsp3) is 0.318. The smallest absolute Gasteiger partial charge is 0.338 e. The third-order valence-corrected chi connectivity index (χ3v) is 4.20. The molecule has 0 aliphatic rings. The van der Waals surface area contributed by atoms with Crippen LogP contribution in [-0.2, 0) is 9.53 Å². The first-order chi connectivity index (χ1) is 14.4. The Morgan fingerprint density at radius 1 is 0.867 bits per heavy atom. The van der Waals surface area contributed by atoms with Crippen molar-refractivity contribution >= 4 is 23.3 Å². The van der Waals surface area contributed by atoms with Gasteiger partial charge in [-0.2, -0.15) is 0 Å². The number of Topliss-reactive ketones (excluding diaryl/α,β-unsaturated/α-hetero) is 1. The summed E-state index contributed by atoms with van der Waals surface area (Å²) in [5.74, 6) is -0.213. The molecule has 160 valence electrons. The first-order valence-corrected chi connectivity index (χ1v) is 9.33. The number of rotatable bonds is 10. The molecular weight excluding hydrogens is 390 g/mol. The first-order valence-electron chi connectivity index (χ1n) is 9.33. The predicted molar refractivity (Wildman–Crippen MR) is 111 cm³/mol. The van der Waals surface area contributed by atoms with Crippen LogP contribution < -0.4 is 19.5 Å². The van der Waals surface area contributed by atoms with Crippen LogP contribution >= 0.6 is 0 Å². The molecule has 2 aromatic carbocycles. The largest absolute Gasteiger partial charge is 0.493 e. The fourth-order valence-corrected chi connectivity index (χ4v) is 2.69. The predicted octanol–water partition coefficient (Wildman–Crippen LogP) is 3.49. The van der Waals surface area contributed by atoms with Crippen LogP contribution in [0.5, 0.6) is 17.2 Å². The van der Waals surface area contributed by atoms with Crippen LogP contribution in [0.15, 0.2) is 36.4 Å². The number of hydrogen-bond donors (Lipinski definition) is 1. The summed E-state index contributed by atoms with van der Waals surface area (Å²) in [5.41, 5.74) is 1.12. The lowest BCUT2D eigenvalue weighted by Gasteiger charge is -2.13. The summed E-state index contributed by atoms with van der Waals surface area (Å²) < 4.78 is 20.8. The summed E-state index contributed by atoms with van der Waals surface area (Å²) in [7, 11) is 4.33. The molecule has 0 saturated carbocycles. The molecule has 2 rings (SSSR count). The highest BCUT2D eigenvalue weighted by Gasteiger charge is 2.19. The van der Waals surface area contributed by atoms with E-state index in [1.807, 2.05) is 6.92 Å². The molecule has 1 amide bonds. The standard InChI is InChI=1S/C22H25NO7/c1-5-6-20(25)23-16-9-7-14(8-10-16)17(24)13-30-22(26)15-11-18(27-2)21(29-4)19(12-15)28-3/h7-12H,5-6,13H2,1-4H3,(H,23,25). The van der Waals surface area contributed by atoms with Crippen molar-refractivity contribution < 1.29 is 33.3 Å². The van der Waals surface area contributed by atoms with E-state index in [2.05, 4.69) is 5.32 Å². The third kappa shape index (κ3) is 5.73. The number of amides is 1. The van der Waals surface area contributed by atoms with Crippen LogP contribution in [0.25, 0.3) is 0 Å². The molecule has 0 saturated heterocycles. The average Bonchev–Trinajstić information content (AvgIpc) is 2.76. The Bertz CT molecular complexity index is 881. The van der Waals surface area contributed by atoms with E-state index < -0.39 is 12.6 Å². The zero-order chi connectivity index (χ0) is 22.1.